The molecular weight excluding hydrogens is 348 g/mol. The molecule has 2 aromatic carbocycles. The van der Waals surface area contributed by atoms with Crippen molar-refractivity contribution in [2.75, 3.05) is 20.2 Å². The van der Waals surface area contributed by atoms with Crippen LogP contribution in [-0.2, 0) is 16.4 Å². The van der Waals surface area contributed by atoms with E-state index in [-0.39, 0.29) is 23.2 Å². The number of sulfonamides is 1. The maximum absolute atomic E-state index is 12.6. The van der Waals surface area contributed by atoms with Gasteiger partial charge in [0.2, 0.25) is 10.0 Å². The molecule has 2 aromatic rings. The Morgan fingerprint density at radius 2 is 2.08 bits per heavy atom. The van der Waals surface area contributed by atoms with Crippen LogP contribution in [-0.4, -0.2) is 28.6 Å². The van der Waals surface area contributed by atoms with Gasteiger partial charge in [0, 0.05) is 17.6 Å². The number of benzene rings is 2. The van der Waals surface area contributed by atoms with Gasteiger partial charge in [-0.1, -0.05) is 35.9 Å². The fraction of sp³-hybridized carbons (Fsp3) is 0.294. The second kappa shape index (κ2) is 7.11. The summed E-state index contributed by atoms with van der Waals surface area (Å²) < 4.78 is 33.1. The summed E-state index contributed by atoms with van der Waals surface area (Å²) >= 11 is 5.94. The Balaban J connectivity index is 1.81. The van der Waals surface area contributed by atoms with Crippen molar-refractivity contribution < 1.29 is 13.2 Å². The zero-order valence-corrected chi connectivity index (χ0v) is 14.8. The molecule has 2 N–H and O–H groups in total. The van der Waals surface area contributed by atoms with Crippen molar-refractivity contribution in [3.63, 3.8) is 0 Å². The summed E-state index contributed by atoms with van der Waals surface area (Å²) in [7, 11) is -2.30. The quantitative estimate of drug-likeness (QED) is 0.853. The van der Waals surface area contributed by atoms with Crippen LogP contribution in [0.1, 0.15) is 17.2 Å². The zero-order chi connectivity index (χ0) is 17.2. The van der Waals surface area contributed by atoms with Crippen molar-refractivity contribution in [2.45, 2.75) is 17.4 Å². The molecule has 0 aliphatic carbocycles. The maximum Gasteiger partial charge on any atom is 0.244 e. The van der Waals surface area contributed by atoms with Crippen molar-refractivity contribution in [3.8, 4) is 5.75 Å². The third-order valence-corrected chi connectivity index (χ3v) is 5.79. The second-order valence-corrected chi connectivity index (χ2v) is 7.77. The molecule has 0 radical (unpaired) electrons. The van der Waals surface area contributed by atoms with Crippen LogP contribution in [0.15, 0.2) is 47.4 Å². The summed E-state index contributed by atoms with van der Waals surface area (Å²) in [5, 5.41) is 3.70. The predicted molar refractivity (Wildman–Crippen MR) is 94.1 cm³/mol. The Morgan fingerprint density at radius 1 is 1.29 bits per heavy atom. The molecule has 0 saturated heterocycles. The average Bonchev–Trinajstić information content (AvgIpc) is 2.60. The van der Waals surface area contributed by atoms with E-state index in [9.17, 15) is 8.42 Å². The highest BCUT2D eigenvalue weighted by molar-refractivity contribution is 7.89. The van der Waals surface area contributed by atoms with Gasteiger partial charge in [-0.25, -0.2) is 13.1 Å². The molecule has 0 saturated carbocycles. The first-order chi connectivity index (χ1) is 11.5. The molecule has 0 bridgehead atoms. The third kappa shape index (κ3) is 3.57. The van der Waals surface area contributed by atoms with Crippen LogP contribution in [0.4, 0.5) is 0 Å². The van der Waals surface area contributed by atoms with Gasteiger partial charge in [-0.3, -0.25) is 0 Å². The van der Waals surface area contributed by atoms with Gasteiger partial charge in [0.25, 0.3) is 0 Å². The van der Waals surface area contributed by atoms with E-state index < -0.39 is 10.0 Å². The van der Waals surface area contributed by atoms with Gasteiger partial charge in [0.05, 0.1) is 7.11 Å². The molecule has 128 valence electrons. The van der Waals surface area contributed by atoms with Gasteiger partial charge in [0.1, 0.15) is 10.6 Å². The van der Waals surface area contributed by atoms with E-state index in [1.165, 1.54) is 18.7 Å². The molecule has 1 heterocycles. The summed E-state index contributed by atoms with van der Waals surface area (Å²) in [5.74, 6) is 0.268. The smallest absolute Gasteiger partial charge is 0.244 e. The van der Waals surface area contributed by atoms with Crippen molar-refractivity contribution in [1.29, 1.82) is 0 Å². The van der Waals surface area contributed by atoms with E-state index in [1.54, 1.807) is 12.1 Å². The topological polar surface area (TPSA) is 67.4 Å². The summed E-state index contributed by atoms with van der Waals surface area (Å²) in [4.78, 5) is 0.0431. The number of ether oxygens (including phenoxy) is 1. The van der Waals surface area contributed by atoms with E-state index in [4.69, 9.17) is 16.3 Å². The molecule has 3 rings (SSSR count). The van der Waals surface area contributed by atoms with Gasteiger partial charge in [0.15, 0.2) is 0 Å². The SMILES string of the molecule is COc1ccc(Cl)cc1S(=O)(=O)NCC1NCCc2ccccc21. The number of hydrogen-bond acceptors (Lipinski definition) is 4. The third-order valence-electron chi connectivity index (χ3n) is 4.11. The fourth-order valence-corrected chi connectivity index (χ4v) is 4.38. The maximum atomic E-state index is 12.6. The highest BCUT2D eigenvalue weighted by atomic mass is 35.5. The normalized spacial score (nSPS) is 17.3. The minimum absolute atomic E-state index is 0.0431. The summed E-state index contributed by atoms with van der Waals surface area (Å²) in [5.41, 5.74) is 2.38. The lowest BCUT2D eigenvalue weighted by Crippen LogP contribution is -2.38. The van der Waals surface area contributed by atoms with Crippen molar-refractivity contribution in [2.24, 2.45) is 0 Å². The van der Waals surface area contributed by atoms with E-state index in [2.05, 4.69) is 16.1 Å². The monoisotopic (exact) mass is 366 g/mol. The van der Waals surface area contributed by atoms with Crippen LogP contribution < -0.4 is 14.8 Å². The van der Waals surface area contributed by atoms with Gasteiger partial charge < -0.3 is 10.1 Å². The fourth-order valence-electron chi connectivity index (χ4n) is 2.91. The highest BCUT2D eigenvalue weighted by Gasteiger charge is 2.24. The van der Waals surface area contributed by atoms with Crippen LogP contribution in [0.2, 0.25) is 5.02 Å². The molecule has 0 fully saturated rings. The van der Waals surface area contributed by atoms with Crippen molar-refractivity contribution in [1.82, 2.24) is 10.0 Å². The Labute approximate surface area is 147 Å². The number of fused-ring (bicyclic) bond motifs is 1. The minimum atomic E-state index is -3.73. The van der Waals surface area contributed by atoms with Crippen LogP contribution in [0.3, 0.4) is 0 Å². The predicted octanol–water partition coefficient (Wildman–Crippen LogP) is 2.51. The number of halogens is 1. The van der Waals surface area contributed by atoms with Crippen LogP contribution in [0.25, 0.3) is 0 Å². The lowest BCUT2D eigenvalue weighted by molar-refractivity contribution is 0.402. The van der Waals surface area contributed by atoms with Gasteiger partial charge in [-0.15, -0.1) is 0 Å². The Bertz CT molecular complexity index is 839. The Hall–Kier alpha value is -1.60. The minimum Gasteiger partial charge on any atom is -0.495 e. The number of methoxy groups -OCH3 is 1. The Kier molecular flexibility index (Phi) is 5.10. The van der Waals surface area contributed by atoms with Gasteiger partial charge >= 0.3 is 0 Å². The van der Waals surface area contributed by atoms with Gasteiger partial charge in [-0.05, 0) is 42.3 Å². The van der Waals surface area contributed by atoms with Crippen molar-refractivity contribution >= 4 is 21.6 Å². The molecule has 1 aliphatic rings. The first kappa shape index (κ1) is 17.2. The first-order valence-corrected chi connectivity index (χ1v) is 9.52. The first-order valence-electron chi connectivity index (χ1n) is 7.65. The summed E-state index contributed by atoms with van der Waals surface area (Å²) in [6.45, 7) is 1.08. The zero-order valence-electron chi connectivity index (χ0n) is 13.3. The molecule has 1 aliphatic heterocycles. The molecular formula is C17H19ClN2O3S. The van der Waals surface area contributed by atoms with Crippen LogP contribution >= 0.6 is 11.6 Å². The lowest BCUT2D eigenvalue weighted by Gasteiger charge is -2.27. The second-order valence-electron chi connectivity index (χ2n) is 5.60. The molecule has 0 spiro atoms. The molecule has 1 unspecified atom stereocenters. The molecule has 24 heavy (non-hydrogen) atoms. The van der Waals surface area contributed by atoms with E-state index >= 15 is 0 Å². The number of hydrogen-bond donors (Lipinski definition) is 2. The lowest BCUT2D eigenvalue weighted by atomic mass is 9.95. The number of rotatable bonds is 5. The summed E-state index contributed by atoms with van der Waals surface area (Å²) in [6, 6.07) is 12.6. The van der Waals surface area contributed by atoms with Crippen LogP contribution in [0.5, 0.6) is 5.75 Å². The molecule has 0 amide bonds. The molecule has 5 nitrogen and oxygen atoms in total. The largest absolute Gasteiger partial charge is 0.495 e. The average molecular weight is 367 g/mol. The molecule has 7 heteroatoms. The highest BCUT2D eigenvalue weighted by Crippen LogP contribution is 2.28. The van der Waals surface area contributed by atoms with Crippen LogP contribution in [0, 0.1) is 0 Å². The number of nitrogens with one attached hydrogen (secondary N) is 2. The summed E-state index contributed by atoms with van der Waals surface area (Å²) in [6.07, 6.45) is 0.946. The standard InChI is InChI=1S/C17H19ClN2O3S/c1-23-16-7-6-13(18)10-17(16)24(21,22)20-11-15-14-5-3-2-4-12(14)8-9-19-15/h2-7,10,15,19-20H,8-9,11H2,1H3. The van der Waals surface area contributed by atoms with Crippen molar-refractivity contribution in [3.05, 3.63) is 58.6 Å². The Morgan fingerprint density at radius 3 is 2.88 bits per heavy atom. The van der Waals surface area contributed by atoms with E-state index in [1.807, 2.05) is 18.2 Å². The molecule has 0 aromatic heterocycles. The van der Waals surface area contributed by atoms with E-state index in [0.717, 1.165) is 18.5 Å². The van der Waals surface area contributed by atoms with E-state index in [0.29, 0.717) is 5.02 Å². The molecule has 1 atom stereocenters. The van der Waals surface area contributed by atoms with Gasteiger partial charge in [-0.2, -0.15) is 0 Å².